The smallest absolute Gasteiger partial charge is 0.257 e. The first kappa shape index (κ1) is 18.9. The van der Waals surface area contributed by atoms with Gasteiger partial charge in [0.15, 0.2) is 5.16 Å². The van der Waals surface area contributed by atoms with E-state index in [0.29, 0.717) is 35.5 Å². The van der Waals surface area contributed by atoms with Crippen LogP contribution in [0.1, 0.15) is 23.7 Å². The minimum Gasteiger partial charge on any atom is -0.378 e. The summed E-state index contributed by atoms with van der Waals surface area (Å²) in [5, 5.41) is 3.51. The third kappa shape index (κ3) is 3.74. The molecular formula is C18H22N6O3S. The number of hydrogen-bond donors (Lipinski definition) is 1. The van der Waals surface area contributed by atoms with E-state index in [1.165, 1.54) is 18.1 Å². The number of amides is 1. The van der Waals surface area contributed by atoms with Gasteiger partial charge in [-0.15, -0.1) is 0 Å². The number of carbonyl (C=O) groups excluding carboxylic acids is 1. The summed E-state index contributed by atoms with van der Waals surface area (Å²) in [4.78, 5) is 40.2. The molecular weight excluding hydrogens is 380 g/mol. The molecule has 0 spiro atoms. The highest BCUT2D eigenvalue weighted by Crippen LogP contribution is 2.32. The Bertz CT molecular complexity index is 957. The van der Waals surface area contributed by atoms with Crippen LogP contribution in [-0.4, -0.2) is 57.5 Å². The van der Waals surface area contributed by atoms with Gasteiger partial charge in [0.25, 0.3) is 5.56 Å². The SMILES string of the molecule is Cc1nc2n(c(=O)c1C)C(CC(=O)Nc1cc(N3CCOCC3)ncn1)CS2. The molecule has 2 aliphatic rings. The van der Waals surface area contributed by atoms with Crippen LogP contribution in [0.2, 0.25) is 0 Å². The molecule has 0 radical (unpaired) electrons. The molecule has 10 heteroatoms. The fraction of sp³-hybridized carbons (Fsp3) is 0.500. The predicted molar refractivity (Wildman–Crippen MR) is 106 cm³/mol. The number of aromatic nitrogens is 4. The lowest BCUT2D eigenvalue weighted by atomic mass is 10.2. The second-order valence-electron chi connectivity index (χ2n) is 6.86. The van der Waals surface area contributed by atoms with Crippen LogP contribution in [0.4, 0.5) is 11.6 Å². The zero-order valence-corrected chi connectivity index (χ0v) is 16.7. The normalized spacial score (nSPS) is 18.8. The molecule has 4 heterocycles. The molecule has 1 amide bonds. The molecule has 28 heavy (non-hydrogen) atoms. The average molecular weight is 402 g/mol. The Hall–Kier alpha value is -2.46. The maximum atomic E-state index is 12.6. The summed E-state index contributed by atoms with van der Waals surface area (Å²) in [5.41, 5.74) is 1.30. The maximum Gasteiger partial charge on any atom is 0.257 e. The first-order chi connectivity index (χ1) is 13.5. The van der Waals surface area contributed by atoms with E-state index >= 15 is 0 Å². The molecule has 0 aliphatic carbocycles. The first-order valence-electron chi connectivity index (χ1n) is 9.20. The predicted octanol–water partition coefficient (Wildman–Crippen LogP) is 1.16. The monoisotopic (exact) mass is 402 g/mol. The summed E-state index contributed by atoms with van der Waals surface area (Å²) in [6.07, 6.45) is 1.64. The van der Waals surface area contributed by atoms with Crippen molar-refractivity contribution < 1.29 is 9.53 Å². The molecule has 0 saturated carbocycles. The number of anilines is 2. The molecule has 9 nitrogen and oxygen atoms in total. The number of ether oxygens (including phenoxy) is 1. The van der Waals surface area contributed by atoms with E-state index < -0.39 is 0 Å². The van der Waals surface area contributed by atoms with Gasteiger partial charge in [-0.05, 0) is 13.8 Å². The highest BCUT2D eigenvalue weighted by atomic mass is 32.2. The van der Waals surface area contributed by atoms with Crippen molar-refractivity contribution in [3.8, 4) is 0 Å². The molecule has 2 aromatic rings. The molecule has 1 unspecified atom stereocenters. The van der Waals surface area contributed by atoms with Gasteiger partial charge in [0.2, 0.25) is 5.91 Å². The van der Waals surface area contributed by atoms with Crippen molar-refractivity contribution in [2.24, 2.45) is 0 Å². The molecule has 1 fully saturated rings. The lowest BCUT2D eigenvalue weighted by molar-refractivity contribution is -0.116. The van der Waals surface area contributed by atoms with E-state index in [9.17, 15) is 9.59 Å². The molecule has 2 aliphatic heterocycles. The number of rotatable bonds is 4. The molecule has 4 rings (SSSR count). The van der Waals surface area contributed by atoms with Gasteiger partial charge in [-0.2, -0.15) is 0 Å². The Morgan fingerprint density at radius 1 is 1.32 bits per heavy atom. The van der Waals surface area contributed by atoms with Crippen LogP contribution in [0.25, 0.3) is 0 Å². The van der Waals surface area contributed by atoms with Crippen LogP contribution in [0.15, 0.2) is 22.3 Å². The number of aryl methyl sites for hydroxylation is 1. The molecule has 0 aromatic carbocycles. The minimum absolute atomic E-state index is 0.0676. The second kappa shape index (κ2) is 7.88. The minimum atomic E-state index is -0.208. The van der Waals surface area contributed by atoms with Gasteiger partial charge >= 0.3 is 0 Å². The third-order valence-corrected chi connectivity index (χ3v) is 6.10. The standard InChI is InChI=1S/C18H22N6O3S/c1-11-12(2)21-18-24(17(11)26)13(9-28-18)7-16(25)22-14-8-15(20-10-19-14)23-3-5-27-6-4-23/h8,10,13H,3-7,9H2,1-2H3,(H,19,20,22,25). The average Bonchev–Trinajstić information content (AvgIpc) is 3.09. The Kier molecular flexibility index (Phi) is 5.31. The number of fused-ring (bicyclic) bond motifs is 1. The van der Waals surface area contributed by atoms with Crippen LogP contribution in [0, 0.1) is 13.8 Å². The Morgan fingerprint density at radius 3 is 2.89 bits per heavy atom. The Labute approximate surface area is 166 Å². The molecule has 148 valence electrons. The zero-order chi connectivity index (χ0) is 19.7. The summed E-state index contributed by atoms with van der Waals surface area (Å²) in [7, 11) is 0. The van der Waals surface area contributed by atoms with Gasteiger partial charge in [0.1, 0.15) is 18.0 Å². The van der Waals surface area contributed by atoms with E-state index in [4.69, 9.17) is 4.74 Å². The number of nitrogens with zero attached hydrogens (tertiary/aromatic N) is 5. The summed E-state index contributed by atoms with van der Waals surface area (Å²) >= 11 is 1.51. The number of thioether (sulfide) groups is 1. The van der Waals surface area contributed by atoms with Crippen LogP contribution in [-0.2, 0) is 9.53 Å². The van der Waals surface area contributed by atoms with E-state index in [2.05, 4.69) is 25.2 Å². The van der Waals surface area contributed by atoms with Crippen LogP contribution in [0.5, 0.6) is 0 Å². The zero-order valence-electron chi connectivity index (χ0n) is 15.8. The van der Waals surface area contributed by atoms with Crippen molar-refractivity contribution in [1.29, 1.82) is 0 Å². The molecule has 1 N–H and O–H groups in total. The van der Waals surface area contributed by atoms with Gasteiger partial charge < -0.3 is 15.0 Å². The fourth-order valence-electron chi connectivity index (χ4n) is 3.31. The first-order valence-corrected chi connectivity index (χ1v) is 10.2. The molecule has 0 bridgehead atoms. The Morgan fingerprint density at radius 2 is 2.11 bits per heavy atom. The van der Waals surface area contributed by atoms with Crippen molar-refractivity contribution in [2.45, 2.75) is 31.5 Å². The van der Waals surface area contributed by atoms with Crippen molar-refractivity contribution in [2.75, 3.05) is 42.3 Å². The van der Waals surface area contributed by atoms with E-state index in [0.717, 1.165) is 24.6 Å². The van der Waals surface area contributed by atoms with Gasteiger partial charge in [0.05, 0.1) is 19.3 Å². The Balaban J connectivity index is 1.45. The largest absolute Gasteiger partial charge is 0.378 e. The topological polar surface area (TPSA) is 102 Å². The van der Waals surface area contributed by atoms with Crippen molar-refractivity contribution in [3.63, 3.8) is 0 Å². The fourth-order valence-corrected chi connectivity index (χ4v) is 4.49. The number of carbonyl (C=O) groups is 1. The van der Waals surface area contributed by atoms with Gasteiger partial charge in [0, 0.05) is 42.6 Å². The lowest BCUT2D eigenvalue weighted by Gasteiger charge is -2.27. The third-order valence-electron chi connectivity index (χ3n) is 5.00. The van der Waals surface area contributed by atoms with Crippen molar-refractivity contribution in [1.82, 2.24) is 19.5 Å². The summed E-state index contributed by atoms with van der Waals surface area (Å²) in [5.74, 6) is 1.69. The number of morpholine rings is 1. The summed E-state index contributed by atoms with van der Waals surface area (Å²) in [6.45, 7) is 6.44. The lowest BCUT2D eigenvalue weighted by Crippen LogP contribution is -2.36. The highest BCUT2D eigenvalue weighted by molar-refractivity contribution is 7.99. The quantitative estimate of drug-likeness (QED) is 0.760. The van der Waals surface area contributed by atoms with Crippen LogP contribution < -0.4 is 15.8 Å². The van der Waals surface area contributed by atoms with Gasteiger partial charge in [-0.25, -0.2) is 15.0 Å². The maximum absolute atomic E-state index is 12.6. The van der Waals surface area contributed by atoms with Gasteiger partial charge in [-0.3, -0.25) is 14.2 Å². The van der Waals surface area contributed by atoms with Crippen molar-refractivity contribution in [3.05, 3.63) is 34.0 Å². The van der Waals surface area contributed by atoms with Crippen LogP contribution in [0.3, 0.4) is 0 Å². The highest BCUT2D eigenvalue weighted by Gasteiger charge is 2.28. The van der Waals surface area contributed by atoms with E-state index in [-0.39, 0.29) is 23.9 Å². The van der Waals surface area contributed by atoms with E-state index in [1.54, 1.807) is 17.6 Å². The second-order valence-corrected chi connectivity index (χ2v) is 7.85. The van der Waals surface area contributed by atoms with E-state index in [1.807, 2.05) is 6.92 Å². The number of nitrogens with one attached hydrogen (secondary N) is 1. The van der Waals surface area contributed by atoms with Crippen LogP contribution >= 0.6 is 11.8 Å². The summed E-state index contributed by atoms with van der Waals surface area (Å²) in [6, 6.07) is 1.56. The molecule has 1 saturated heterocycles. The van der Waals surface area contributed by atoms with Gasteiger partial charge in [-0.1, -0.05) is 11.8 Å². The molecule has 1 atom stereocenters. The number of hydrogen-bond acceptors (Lipinski definition) is 8. The molecule has 2 aromatic heterocycles. The summed E-state index contributed by atoms with van der Waals surface area (Å²) < 4.78 is 7.00. The van der Waals surface area contributed by atoms with Crippen molar-refractivity contribution >= 4 is 29.3 Å².